The van der Waals surface area contributed by atoms with Crippen LogP contribution in [-0.2, 0) is 6.54 Å². The summed E-state index contributed by atoms with van der Waals surface area (Å²) in [6, 6.07) is 6.55. The smallest absolute Gasteiger partial charge is 0.261 e. The van der Waals surface area contributed by atoms with E-state index in [4.69, 9.17) is 0 Å². The topological polar surface area (TPSA) is 60.8 Å². The van der Waals surface area contributed by atoms with E-state index in [9.17, 15) is 15.0 Å². The van der Waals surface area contributed by atoms with E-state index in [-0.39, 0.29) is 29.0 Å². The summed E-state index contributed by atoms with van der Waals surface area (Å²) >= 11 is 1.59. The molecular formula is C15H15NO3S. The molecule has 0 aliphatic heterocycles. The molecule has 1 amide bonds. The minimum absolute atomic E-state index is 0.00497. The van der Waals surface area contributed by atoms with E-state index in [1.54, 1.807) is 16.2 Å². The van der Waals surface area contributed by atoms with Crippen molar-refractivity contribution < 1.29 is 15.0 Å². The average Bonchev–Trinajstić information content (AvgIpc) is 3.12. The van der Waals surface area contributed by atoms with Gasteiger partial charge in [-0.15, -0.1) is 0 Å². The number of phenolic OH excluding ortho intramolecular Hbond substituents is 2. The molecule has 104 valence electrons. The lowest BCUT2D eigenvalue weighted by Crippen LogP contribution is -2.32. The van der Waals surface area contributed by atoms with Gasteiger partial charge in [0.25, 0.3) is 5.91 Å². The lowest BCUT2D eigenvalue weighted by Gasteiger charge is -2.23. The van der Waals surface area contributed by atoms with Gasteiger partial charge in [0.2, 0.25) is 0 Å². The fourth-order valence-corrected chi connectivity index (χ4v) is 2.88. The van der Waals surface area contributed by atoms with Gasteiger partial charge in [-0.3, -0.25) is 4.79 Å². The Bertz CT molecular complexity index is 600. The Labute approximate surface area is 120 Å². The fourth-order valence-electron chi connectivity index (χ4n) is 2.22. The first-order valence-corrected chi connectivity index (χ1v) is 7.44. The third kappa shape index (κ3) is 2.49. The van der Waals surface area contributed by atoms with Crippen molar-refractivity contribution in [2.45, 2.75) is 25.4 Å². The highest BCUT2D eigenvalue weighted by Gasteiger charge is 2.35. The van der Waals surface area contributed by atoms with Crippen LogP contribution in [0.4, 0.5) is 0 Å². The standard InChI is InChI=1S/C15H15NO3S/c17-12-2-1-3-13(18)14(12)15(19)16(11-4-5-11)8-10-6-7-20-9-10/h1-3,6-7,9,11,17-18H,4-5,8H2. The number of amides is 1. The normalized spacial score (nSPS) is 14.2. The molecule has 0 spiro atoms. The van der Waals surface area contributed by atoms with E-state index in [0.29, 0.717) is 6.54 Å². The number of nitrogens with zero attached hydrogens (tertiary/aromatic N) is 1. The van der Waals surface area contributed by atoms with Crippen LogP contribution in [0.15, 0.2) is 35.0 Å². The number of rotatable bonds is 4. The fraction of sp³-hybridized carbons (Fsp3) is 0.267. The Morgan fingerprint density at radius 3 is 2.50 bits per heavy atom. The number of carbonyl (C=O) groups excluding carboxylic acids is 1. The predicted octanol–water partition coefficient (Wildman–Crippen LogP) is 2.96. The first kappa shape index (κ1) is 13.0. The number of benzene rings is 1. The molecule has 1 fully saturated rings. The third-order valence-corrected chi connectivity index (χ3v) is 4.15. The Balaban J connectivity index is 1.89. The van der Waals surface area contributed by atoms with Crippen LogP contribution in [0, 0.1) is 0 Å². The molecule has 2 aromatic rings. The van der Waals surface area contributed by atoms with Crippen LogP contribution >= 0.6 is 11.3 Å². The lowest BCUT2D eigenvalue weighted by molar-refractivity contribution is 0.0724. The number of carbonyl (C=O) groups is 1. The zero-order valence-electron chi connectivity index (χ0n) is 10.8. The van der Waals surface area contributed by atoms with Crippen molar-refractivity contribution >= 4 is 17.2 Å². The largest absolute Gasteiger partial charge is 0.507 e. The van der Waals surface area contributed by atoms with Crippen LogP contribution in [0.3, 0.4) is 0 Å². The second-order valence-electron chi connectivity index (χ2n) is 4.97. The van der Waals surface area contributed by atoms with Gasteiger partial charge in [0.05, 0.1) is 0 Å². The van der Waals surface area contributed by atoms with Gasteiger partial charge in [0.1, 0.15) is 17.1 Å². The summed E-state index contributed by atoms with van der Waals surface area (Å²) in [5.41, 5.74) is 1.07. The van der Waals surface area contributed by atoms with Crippen LogP contribution in [0.5, 0.6) is 11.5 Å². The van der Waals surface area contributed by atoms with Gasteiger partial charge in [-0.1, -0.05) is 6.07 Å². The zero-order valence-corrected chi connectivity index (χ0v) is 11.6. The van der Waals surface area contributed by atoms with Crippen LogP contribution in [-0.4, -0.2) is 27.1 Å². The van der Waals surface area contributed by atoms with Crippen LogP contribution < -0.4 is 0 Å². The van der Waals surface area contributed by atoms with Gasteiger partial charge in [0.15, 0.2) is 0 Å². The van der Waals surface area contributed by atoms with Crippen molar-refractivity contribution in [2.24, 2.45) is 0 Å². The van der Waals surface area contributed by atoms with Crippen molar-refractivity contribution in [3.63, 3.8) is 0 Å². The molecule has 1 aliphatic rings. The second kappa shape index (κ2) is 5.17. The molecule has 1 heterocycles. The zero-order chi connectivity index (χ0) is 14.1. The Hall–Kier alpha value is -2.01. The summed E-state index contributed by atoms with van der Waals surface area (Å²) < 4.78 is 0. The molecule has 4 nitrogen and oxygen atoms in total. The summed E-state index contributed by atoms with van der Waals surface area (Å²) in [5, 5.41) is 23.6. The summed E-state index contributed by atoms with van der Waals surface area (Å²) in [5.74, 6) is -0.661. The molecule has 1 aromatic heterocycles. The summed E-state index contributed by atoms with van der Waals surface area (Å²) in [6.45, 7) is 0.515. The van der Waals surface area contributed by atoms with Gasteiger partial charge in [0, 0.05) is 12.6 Å². The van der Waals surface area contributed by atoms with E-state index in [1.807, 2.05) is 16.8 Å². The van der Waals surface area contributed by atoms with Gasteiger partial charge >= 0.3 is 0 Å². The van der Waals surface area contributed by atoms with Crippen LogP contribution in [0.25, 0.3) is 0 Å². The molecule has 0 radical (unpaired) electrons. The maximum Gasteiger partial charge on any atom is 0.261 e. The number of thiophene rings is 1. The molecule has 1 aliphatic carbocycles. The minimum atomic E-state index is -0.311. The van der Waals surface area contributed by atoms with Gasteiger partial charge < -0.3 is 15.1 Å². The van der Waals surface area contributed by atoms with Gasteiger partial charge in [-0.25, -0.2) is 0 Å². The first-order valence-electron chi connectivity index (χ1n) is 6.50. The Kier molecular flexibility index (Phi) is 3.36. The third-order valence-electron chi connectivity index (χ3n) is 3.42. The number of aromatic hydroxyl groups is 2. The Morgan fingerprint density at radius 2 is 1.95 bits per heavy atom. The monoisotopic (exact) mass is 289 g/mol. The number of hydrogen-bond acceptors (Lipinski definition) is 4. The lowest BCUT2D eigenvalue weighted by atomic mass is 10.1. The molecule has 0 bridgehead atoms. The van der Waals surface area contributed by atoms with Gasteiger partial charge in [-0.05, 0) is 47.4 Å². The van der Waals surface area contributed by atoms with Crippen molar-refractivity contribution in [1.82, 2.24) is 4.90 Å². The summed E-state index contributed by atoms with van der Waals surface area (Å²) in [6.07, 6.45) is 1.95. The number of phenols is 2. The molecule has 20 heavy (non-hydrogen) atoms. The van der Waals surface area contributed by atoms with Crippen LogP contribution in [0.2, 0.25) is 0 Å². The highest BCUT2D eigenvalue weighted by Crippen LogP contribution is 2.34. The van der Waals surface area contributed by atoms with Crippen molar-refractivity contribution in [1.29, 1.82) is 0 Å². The maximum atomic E-state index is 12.6. The molecule has 1 aromatic carbocycles. The van der Waals surface area contributed by atoms with Crippen molar-refractivity contribution in [3.05, 3.63) is 46.2 Å². The van der Waals surface area contributed by atoms with E-state index >= 15 is 0 Å². The van der Waals surface area contributed by atoms with Gasteiger partial charge in [-0.2, -0.15) is 11.3 Å². The number of hydrogen-bond donors (Lipinski definition) is 2. The molecule has 0 unspecified atom stereocenters. The second-order valence-corrected chi connectivity index (χ2v) is 5.75. The molecule has 2 N–H and O–H groups in total. The first-order chi connectivity index (χ1) is 9.66. The summed E-state index contributed by atoms with van der Waals surface area (Å²) in [7, 11) is 0. The van der Waals surface area contributed by atoms with Crippen molar-refractivity contribution in [3.8, 4) is 11.5 Å². The summed E-state index contributed by atoms with van der Waals surface area (Å²) in [4.78, 5) is 14.3. The quantitative estimate of drug-likeness (QED) is 0.909. The molecule has 1 saturated carbocycles. The highest BCUT2D eigenvalue weighted by atomic mass is 32.1. The maximum absolute atomic E-state index is 12.6. The van der Waals surface area contributed by atoms with E-state index in [0.717, 1.165) is 18.4 Å². The predicted molar refractivity (Wildman–Crippen MR) is 77.0 cm³/mol. The van der Waals surface area contributed by atoms with E-state index in [1.165, 1.54) is 18.2 Å². The molecular weight excluding hydrogens is 274 g/mol. The van der Waals surface area contributed by atoms with Crippen LogP contribution in [0.1, 0.15) is 28.8 Å². The van der Waals surface area contributed by atoms with E-state index < -0.39 is 0 Å². The minimum Gasteiger partial charge on any atom is -0.507 e. The van der Waals surface area contributed by atoms with E-state index in [2.05, 4.69) is 0 Å². The molecule has 3 rings (SSSR count). The molecule has 0 saturated heterocycles. The SMILES string of the molecule is O=C(c1c(O)cccc1O)N(Cc1ccsc1)C1CC1. The Morgan fingerprint density at radius 1 is 1.25 bits per heavy atom. The molecule has 0 atom stereocenters. The highest BCUT2D eigenvalue weighted by molar-refractivity contribution is 7.07. The molecule has 5 heteroatoms. The average molecular weight is 289 g/mol. The van der Waals surface area contributed by atoms with Crippen molar-refractivity contribution in [2.75, 3.05) is 0 Å².